The van der Waals surface area contributed by atoms with Crippen molar-refractivity contribution in [3.05, 3.63) is 35.4 Å². The van der Waals surface area contributed by atoms with E-state index >= 15 is 0 Å². The van der Waals surface area contributed by atoms with Gasteiger partial charge < -0.3 is 0 Å². The Balaban J connectivity index is 2.02. The molecular formula is C18H26N2S. The molecule has 1 aliphatic carbocycles. The first-order valence-electron chi connectivity index (χ1n) is 7.84. The zero-order chi connectivity index (χ0) is 15.2. The number of aryl methyl sites for hydroxylation is 1. The summed E-state index contributed by atoms with van der Waals surface area (Å²) in [6.07, 6.45) is 5.16. The molecule has 1 aliphatic rings. The predicted octanol–water partition coefficient (Wildman–Crippen LogP) is 5.10. The number of benzene rings is 1. The van der Waals surface area contributed by atoms with E-state index in [1.807, 2.05) is 7.05 Å². The Morgan fingerprint density at radius 2 is 1.90 bits per heavy atom. The molecule has 0 radical (unpaired) electrons. The molecule has 1 fully saturated rings. The molecule has 0 aromatic heterocycles. The van der Waals surface area contributed by atoms with Gasteiger partial charge in [-0.25, -0.2) is 0 Å². The van der Waals surface area contributed by atoms with E-state index in [2.05, 4.69) is 50.0 Å². The van der Waals surface area contributed by atoms with Gasteiger partial charge in [-0.1, -0.05) is 61.4 Å². The molecule has 3 heteroatoms. The van der Waals surface area contributed by atoms with Gasteiger partial charge in [-0.3, -0.25) is 9.98 Å². The standard InChI is InChI=1S/C18H26N2S/c1-13-8-10-16(11-9-13)18(19-4)21-15(3)20-17-7-5-6-14(2)12-17/h8-11,14,17H,5-7,12H2,1-4H3. The van der Waals surface area contributed by atoms with Crippen LogP contribution in [0.4, 0.5) is 0 Å². The van der Waals surface area contributed by atoms with Gasteiger partial charge in [-0.2, -0.15) is 0 Å². The van der Waals surface area contributed by atoms with Crippen molar-refractivity contribution < 1.29 is 0 Å². The summed E-state index contributed by atoms with van der Waals surface area (Å²) < 4.78 is 0. The molecule has 21 heavy (non-hydrogen) atoms. The summed E-state index contributed by atoms with van der Waals surface area (Å²) in [6.45, 7) is 6.56. The highest BCUT2D eigenvalue weighted by Gasteiger charge is 2.18. The molecule has 2 nitrogen and oxygen atoms in total. The average molecular weight is 302 g/mol. The molecular weight excluding hydrogens is 276 g/mol. The second kappa shape index (κ2) is 7.79. The summed E-state index contributed by atoms with van der Waals surface area (Å²) in [7, 11) is 1.86. The molecule has 114 valence electrons. The Kier molecular flexibility index (Phi) is 6.04. The zero-order valence-electron chi connectivity index (χ0n) is 13.6. The number of aliphatic imine (C=N–C) groups is 2. The monoisotopic (exact) mass is 302 g/mol. The topological polar surface area (TPSA) is 24.7 Å². The Morgan fingerprint density at radius 3 is 2.52 bits per heavy atom. The Labute approximate surface area is 133 Å². The smallest absolute Gasteiger partial charge is 0.103 e. The van der Waals surface area contributed by atoms with Crippen LogP contribution in [0.3, 0.4) is 0 Å². The largest absolute Gasteiger partial charge is 0.281 e. The highest BCUT2D eigenvalue weighted by atomic mass is 32.2. The molecule has 0 spiro atoms. The predicted molar refractivity (Wildman–Crippen MR) is 95.8 cm³/mol. The second-order valence-corrected chi connectivity index (χ2v) is 7.25. The van der Waals surface area contributed by atoms with Gasteiger partial charge in [-0.15, -0.1) is 0 Å². The number of rotatable bonds is 2. The summed E-state index contributed by atoms with van der Waals surface area (Å²) in [6, 6.07) is 9.06. The van der Waals surface area contributed by atoms with Crippen LogP contribution in [0, 0.1) is 12.8 Å². The zero-order valence-corrected chi connectivity index (χ0v) is 14.4. The first kappa shape index (κ1) is 16.3. The van der Waals surface area contributed by atoms with E-state index in [4.69, 9.17) is 4.99 Å². The summed E-state index contributed by atoms with van der Waals surface area (Å²) in [5.41, 5.74) is 2.46. The summed E-state index contributed by atoms with van der Waals surface area (Å²) in [4.78, 5) is 9.35. The maximum absolute atomic E-state index is 4.92. The fourth-order valence-electron chi connectivity index (χ4n) is 2.87. The lowest BCUT2D eigenvalue weighted by molar-refractivity contribution is 0.346. The quantitative estimate of drug-likeness (QED) is 0.551. The molecule has 2 atom stereocenters. The highest BCUT2D eigenvalue weighted by Crippen LogP contribution is 2.27. The van der Waals surface area contributed by atoms with Crippen molar-refractivity contribution >= 4 is 21.8 Å². The van der Waals surface area contributed by atoms with Crippen molar-refractivity contribution in [3.8, 4) is 0 Å². The molecule has 0 amide bonds. The molecule has 2 unspecified atom stereocenters. The summed E-state index contributed by atoms with van der Waals surface area (Å²) in [5, 5.41) is 2.19. The van der Waals surface area contributed by atoms with Crippen LogP contribution in [0.25, 0.3) is 0 Å². The van der Waals surface area contributed by atoms with Gasteiger partial charge in [0.15, 0.2) is 0 Å². The van der Waals surface area contributed by atoms with E-state index in [0.29, 0.717) is 6.04 Å². The van der Waals surface area contributed by atoms with Gasteiger partial charge in [0.1, 0.15) is 5.04 Å². The first-order valence-corrected chi connectivity index (χ1v) is 8.66. The van der Waals surface area contributed by atoms with E-state index in [-0.39, 0.29) is 0 Å². The molecule has 0 saturated heterocycles. The van der Waals surface area contributed by atoms with Gasteiger partial charge in [0.05, 0.1) is 11.1 Å². The van der Waals surface area contributed by atoms with Crippen LogP contribution in [-0.2, 0) is 0 Å². The lowest BCUT2D eigenvalue weighted by Crippen LogP contribution is -2.17. The van der Waals surface area contributed by atoms with Crippen LogP contribution in [0.2, 0.25) is 0 Å². The number of thioether (sulfide) groups is 1. The fourth-order valence-corrected chi connectivity index (χ4v) is 3.70. The molecule has 0 heterocycles. The van der Waals surface area contributed by atoms with Crippen LogP contribution in [0.15, 0.2) is 34.3 Å². The molecule has 1 saturated carbocycles. The van der Waals surface area contributed by atoms with E-state index < -0.39 is 0 Å². The molecule has 2 rings (SSSR count). The van der Waals surface area contributed by atoms with Crippen molar-refractivity contribution in [2.24, 2.45) is 15.9 Å². The highest BCUT2D eigenvalue weighted by molar-refractivity contribution is 8.27. The van der Waals surface area contributed by atoms with Crippen LogP contribution >= 0.6 is 11.8 Å². The van der Waals surface area contributed by atoms with Gasteiger partial charge >= 0.3 is 0 Å². The minimum Gasteiger partial charge on any atom is -0.281 e. The number of nitrogens with zero attached hydrogens (tertiary/aromatic N) is 2. The lowest BCUT2D eigenvalue weighted by Gasteiger charge is -2.24. The maximum Gasteiger partial charge on any atom is 0.103 e. The molecule has 1 aromatic rings. The average Bonchev–Trinajstić information content (AvgIpc) is 2.46. The SMILES string of the molecule is CN=C(SC(C)=NC1CCCC(C)C1)c1ccc(C)cc1. The number of hydrogen-bond donors (Lipinski definition) is 0. The van der Waals surface area contributed by atoms with Crippen molar-refractivity contribution in [3.63, 3.8) is 0 Å². The van der Waals surface area contributed by atoms with E-state index in [1.54, 1.807) is 11.8 Å². The molecule has 1 aromatic carbocycles. The van der Waals surface area contributed by atoms with Crippen LogP contribution in [0.5, 0.6) is 0 Å². The fraction of sp³-hybridized carbons (Fsp3) is 0.556. The number of hydrogen-bond acceptors (Lipinski definition) is 3. The van der Waals surface area contributed by atoms with E-state index in [0.717, 1.165) is 16.0 Å². The van der Waals surface area contributed by atoms with Gasteiger partial charge in [0.2, 0.25) is 0 Å². The summed E-state index contributed by atoms with van der Waals surface area (Å²) >= 11 is 1.70. The van der Waals surface area contributed by atoms with Gasteiger partial charge in [0.25, 0.3) is 0 Å². The van der Waals surface area contributed by atoms with Crippen molar-refractivity contribution in [1.82, 2.24) is 0 Å². The van der Waals surface area contributed by atoms with Crippen LogP contribution < -0.4 is 0 Å². The maximum atomic E-state index is 4.92. The van der Waals surface area contributed by atoms with Crippen LogP contribution in [-0.4, -0.2) is 23.2 Å². The first-order chi connectivity index (χ1) is 10.1. The minimum absolute atomic E-state index is 0.511. The molecule has 0 bridgehead atoms. The van der Waals surface area contributed by atoms with Crippen molar-refractivity contribution in [1.29, 1.82) is 0 Å². The Hall–Kier alpha value is -1.09. The van der Waals surface area contributed by atoms with Crippen molar-refractivity contribution in [2.75, 3.05) is 7.05 Å². The van der Waals surface area contributed by atoms with E-state index in [1.165, 1.54) is 36.8 Å². The minimum atomic E-state index is 0.511. The third-order valence-corrected chi connectivity index (χ3v) is 5.03. The summed E-state index contributed by atoms with van der Waals surface area (Å²) in [5.74, 6) is 0.821. The van der Waals surface area contributed by atoms with Gasteiger partial charge in [-0.05, 0) is 32.6 Å². The van der Waals surface area contributed by atoms with Crippen LogP contribution in [0.1, 0.15) is 50.7 Å². The third kappa shape index (κ3) is 4.99. The normalized spacial score (nSPS) is 24.2. The van der Waals surface area contributed by atoms with Crippen molar-refractivity contribution in [2.45, 2.75) is 52.5 Å². The molecule has 0 N–H and O–H groups in total. The lowest BCUT2D eigenvalue weighted by atomic mass is 9.87. The second-order valence-electron chi connectivity index (χ2n) is 6.07. The Bertz CT molecular complexity index is 517. The third-order valence-electron chi connectivity index (χ3n) is 4.02. The van der Waals surface area contributed by atoms with E-state index in [9.17, 15) is 0 Å². The Morgan fingerprint density at radius 1 is 1.19 bits per heavy atom. The molecule has 0 aliphatic heterocycles. The van der Waals surface area contributed by atoms with Gasteiger partial charge in [0, 0.05) is 12.6 Å².